The van der Waals surface area contributed by atoms with Crippen molar-refractivity contribution in [2.24, 2.45) is 23.7 Å². The van der Waals surface area contributed by atoms with E-state index in [-0.39, 0.29) is 61.8 Å². The van der Waals surface area contributed by atoms with Crippen LogP contribution in [0, 0.1) is 23.7 Å². The average Bonchev–Trinajstić information content (AvgIpc) is 3.53. The zero-order valence-electron chi connectivity index (χ0n) is 32.1. The van der Waals surface area contributed by atoms with Gasteiger partial charge < -0.3 is 19.5 Å². The molecule has 1 N–H and O–H groups in total. The molecule has 0 aromatic heterocycles. The Morgan fingerprint density at radius 2 is 1.08 bits per heavy atom. The molecule has 0 spiro atoms. The van der Waals surface area contributed by atoms with E-state index in [1.807, 2.05) is 4.90 Å². The number of ether oxygens (including phenoxy) is 2. The van der Waals surface area contributed by atoms with Crippen LogP contribution in [0.1, 0.15) is 143 Å². The highest BCUT2D eigenvalue weighted by Crippen LogP contribution is 2.42. The summed E-state index contributed by atoms with van der Waals surface area (Å²) in [6.07, 6.45) is 14.5. The predicted octanol–water partition coefficient (Wildman–Crippen LogP) is 6.23. The molecule has 2 heterocycles. The normalized spacial score (nSPS) is 37.5. The van der Waals surface area contributed by atoms with Crippen LogP contribution in [-0.4, -0.2) is 110 Å². The molecule has 4 saturated carbocycles. The second-order valence-corrected chi connectivity index (χ2v) is 17.1. The van der Waals surface area contributed by atoms with Crippen molar-refractivity contribution in [3.63, 3.8) is 0 Å². The third-order valence-electron chi connectivity index (χ3n) is 13.6. The molecule has 0 radical (unpaired) electrons. The summed E-state index contributed by atoms with van der Waals surface area (Å²) in [5, 5.41) is 11.5. The highest BCUT2D eigenvalue weighted by Gasteiger charge is 2.55. The van der Waals surface area contributed by atoms with Crippen LogP contribution in [0.15, 0.2) is 0 Å². The lowest BCUT2D eigenvalue weighted by atomic mass is 9.75. The van der Waals surface area contributed by atoms with Crippen molar-refractivity contribution in [1.82, 2.24) is 19.6 Å². The fourth-order valence-electron chi connectivity index (χ4n) is 10.6. The topological polar surface area (TPSA) is 137 Å². The third-order valence-corrected chi connectivity index (χ3v) is 13.6. The van der Waals surface area contributed by atoms with Crippen LogP contribution in [0.4, 0.5) is 9.59 Å². The molecule has 12 nitrogen and oxygen atoms in total. The van der Waals surface area contributed by atoms with Gasteiger partial charge >= 0.3 is 24.0 Å². The summed E-state index contributed by atoms with van der Waals surface area (Å²) in [7, 11) is 0. The zero-order chi connectivity index (χ0) is 37.1. The Balaban J connectivity index is 1.04. The van der Waals surface area contributed by atoms with E-state index in [9.17, 15) is 29.1 Å². The van der Waals surface area contributed by atoms with Crippen molar-refractivity contribution in [1.29, 1.82) is 0 Å². The van der Waals surface area contributed by atoms with Crippen molar-refractivity contribution < 1.29 is 38.6 Å². The van der Waals surface area contributed by atoms with E-state index >= 15 is 0 Å². The second kappa shape index (κ2) is 17.1. The quantitative estimate of drug-likeness (QED) is 0.150. The molecule has 52 heavy (non-hydrogen) atoms. The minimum absolute atomic E-state index is 0.000514. The third kappa shape index (κ3) is 8.11. The molecule has 3 atom stereocenters. The lowest BCUT2D eigenvalue weighted by molar-refractivity contribution is -0.153. The Morgan fingerprint density at radius 1 is 0.615 bits per heavy atom. The molecule has 6 aliphatic rings. The van der Waals surface area contributed by atoms with E-state index in [2.05, 4.69) is 13.8 Å². The average molecular weight is 729 g/mol. The highest BCUT2D eigenvalue weighted by molar-refractivity contribution is 6.15. The predicted molar refractivity (Wildman–Crippen MR) is 194 cm³/mol. The van der Waals surface area contributed by atoms with Gasteiger partial charge in [-0.3, -0.25) is 24.3 Å². The van der Waals surface area contributed by atoms with Gasteiger partial charge in [0.05, 0.1) is 25.7 Å². The lowest BCUT2D eigenvalue weighted by Gasteiger charge is -2.40. The number of urea groups is 2. The molecule has 12 heteroatoms. The minimum atomic E-state index is -1.18. The molecule has 2 aliphatic heterocycles. The monoisotopic (exact) mass is 728 g/mol. The molecule has 0 aromatic carbocycles. The van der Waals surface area contributed by atoms with Gasteiger partial charge in [0.15, 0.2) is 6.23 Å². The van der Waals surface area contributed by atoms with Crippen LogP contribution in [0.25, 0.3) is 0 Å². The Hall–Kier alpha value is -2.89. The number of hydrogen-bond acceptors (Lipinski definition) is 8. The minimum Gasteiger partial charge on any atom is -0.466 e. The molecule has 0 aromatic rings. The molecule has 5 amide bonds. The lowest BCUT2D eigenvalue weighted by Crippen LogP contribution is -2.49. The van der Waals surface area contributed by atoms with E-state index in [4.69, 9.17) is 9.47 Å². The Bertz CT molecular complexity index is 1280. The summed E-state index contributed by atoms with van der Waals surface area (Å²) in [5.41, 5.74) is 0. The van der Waals surface area contributed by atoms with Gasteiger partial charge in [0, 0.05) is 24.2 Å². The van der Waals surface area contributed by atoms with Crippen LogP contribution in [0.3, 0.4) is 0 Å². The van der Waals surface area contributed by atoms with E-state index in [1.165, 1.54) is 4.90 Å². The summed E-state index contributed by atoms with van der Waals surface area (Å²) >= 11 is 0. The number of aliphatic hydroxyl groups is 1. The molecule has 292 valence electrons. The number of hydrogen-bond donors (Lipinski definition) is 1. The summed E-state index contributed by atoms with van der Waals surface area (Å²) < 4.78 is 10.6. The zero-order valence-corrected chi connectivity index (χ0v) is 32.1. The van der Waals surface area contributed by atoms with Gasteiger partial charge in [-0.2, -0.15) is 0 Å². The molecule has 0 bridgehead atoms. The first kappa shape index (κ1) is 38.8. The van der Waals surface area contributed by atoms with Crippen molar-refractivity contribution >= 4 is 29.9 Å². The fraction of sp³-hybridized carbons (Fsp3) is 0.875. The molecule has 4 aliphatic carbocycles. The highest BCUT2D eigenvalue weighted by atomic mass is 16.5. The first-order chi connectivity index (χ1) is 25.0. The maximum absolute atomic E-state index is 14.0. The number of carbonyl (C=O) groups is 5. The van der Waals surface area contributed by atoms with Crippen molar-refractivity contribution in [2.75, 3.05) is 13.2 Å². The summed E-state index contributed by atoms with van der Waals surface area (Å²) in [4.78, 5) is 73.8. The molecule has 2 saturated heterocycles. The van der Waals surface area contributed by atoms with Crippen molar-refractivity contribution in [3.05, 3.63) is 0 Å². The van der Waals surface area contributed by atoms with Crippen LogP contribution < -0.4 is 0 Å². The summed E-state index contributed by atoms with van der Waals surface area (Å²) in [6.45, 7) is 8.37. The van der Waals surface area contributed by atoms with E-state index < -0.39 is 30.2 Å². The second-order valence-electron chi connectivity index (χ2n) is 17.1. The first-order valence-electron chi connectivity index (χ1n) is 20.8. The number of esters is 2. The molecular formula is C40H64N4O8. The van der Waals surface area contributed by atoms with Gasteiger partial charge in [0.1, 0.15) is 0 Å². The maximum atomic E-state index is 14.0. The number of carbonyl (C=O) groups excluding carboxylic acids is 5. The standard InChI is InChI=1S/C40H64N4O8/c1-5-51-34(45)24-33-36(46)43(31-15-7-25(3)8-16-31)39(49)41(33)29-19-11-27(12-20-29)23-28-13-21-30(22-14-28)42-35(38(48)52-6-2)37(47)44(40(42)50)32-17-9-26(4)10-18-32/h25-33,35-36,46H,5-24H2,1-4H3. The molecular weight excluding hydrogens is 664 g/mol. The number of nitrogens with zero attached hydrogens (tertiary/aromatic N) is 4. The van der Waals surface area contributed by atoms with Gasteiger partial charge in [0.25, 0.3) is 5.91 Å². The fourth-order valence-corrected chi connectivity index (χ4v) is 10.6. The van der Waals surface area contributed by atoms with Crippen LogP contribution in [0.2, 0.25) is 0 Å². The molecule has 3 unspecified atom stereocenters. The summed E-state index contributed by atoms with van der Waals surface area (Å²) in [6, 6.07) is -2.55. The smallest absolute Gasteiger partial charge is 0.338 e. The van der Waals surface area contributed by atoms with E-state index in [0.717, 1.165) is 109 Å². The number of imide groups is 1. The number of amides is 5. The van der Waals surface area contributed by atoms with Gasteiger partial charge in [-0.15, -0.1) is 0 Å². The molecule has 6 fully saturated rings. The largest absolute Gasteiger partial charge is 0.466 e. The number of aliphatic hydroxyl groups excluding tert-OH is 1. The van der Waals surface area contributed by atoms with E-state index in [1.54, 1.807) is 23.6 Å². The molecule has 6 rings (SSSR count). The van der Waals surface area contributed by atoms with E-state index in [0.29, 0.717) is 23.7 Å². The number of rotatable bonds is 11. The summed E-state index contributed by atoms with van der Waals surface area (Å²) in [5.74, 6) is 0.819. The van der Waals surface area contributed by atoms with Crippen molar-refractivity contribution in [3.8, 4) is 0 Å². The van der Waals surface area contributed by atoms with Crippen LogP contribution in [0.5, 0.6) is 0 Å². The maximum Gasteiger partial charge on any atom is 0.338 e. The SMILES string of the molecule is CCOC(=O)CC1C(O)N(C2CCC(C)CC2)C(=O)N1C1CCC(CC2CCC(N3C(=O)N(C4CCC(C)CC4)C(=O)C3C(=O)OCC)CC2)CC1. The Morgan fingerprint density at radius 3 is 1.60 bits per heavy atom. The Kier molecular flexibility index (Phi) is 12.7. The van der Waals surface area contributed by atoms with Crippen molar-refractivity contribution in [2.45, 2.75) is 186 Å². The van der Waals surface area contributed by atoms with Crippen LogP contribution in [-0.2, 0) is 23.9 Å². The van der Waals surface area contributed by atoms with Gasteiger partial charge in [0.2, 0.25) is 6.04 Å². The van der Waals surface area contributed by atoms with Gasteiger partial charge in [-0.25, -0.2) is 14.4 Å². The van der Waals surface area contributed by atoms with Gasteiger partial charge in [-0.05, 0) is 147 Å². The Labute approximate surface area is 310 Å². The first-order valence-corrected chi connectivity index (χ1v) is 20.8. The van der Waals surface area contributed by atoms with Gasteiger partial charge in [-0.1, -0.05) is 13.8 Å². The van der Waals surface area contributed by atoms with Crippen LogP contribution >= 0.6 is 0 Å².